The highest BCUT2D eigenvalue weighted by Gasteiger charge is 2.41. The van der Waals surface area contributed by atoms with E-state index >= 15 is 0 Å². The number of thioether (sulfide) groups is 1. The first-order chi connectivity index (χ1) is 8.00. The van der Waals surface area contributed by atoms with E-state index in [4.69, 9.17) is 4.74 Å². The maximum atomic E-state index is 11.8. The summed E-state index contributed by atoms with van der Waals surface area (Å²) >= 11 is 1.22. The molecule has 1 atom stereocenters. The van der Waals surface area contributed by atoms with Crippen LogP contribution in [0.4, 0.5) is 0 Å². The minimum absolute atomic E-state index is 0.204. The Kier molecular flexibility index (Phi) is 4.75. The summed E-state index contributed by atoms with van der Waals surface area (Å²) in [5.41, 5.74) is 0. The summed E-state index contributed by atoms with van der Waals surface area (Å²) in [5.74, 6) is -0.689. The van der Waals surface area contributed by atoms with Crippen molar-refractivity contribution in [2.75, 3.05) is 6.61 Å². The van der Waals surface area contributed by atoms with Crippen molar-refractivity contribution >= 4 is 23.5 Å². The second-order valence-electron chi connectivity index (χ2n) is 3.73. The summed E-state index contributed by atoms with van der Waals surface area (Å²) in [6, 6.07) is 9.36. The van der Waals surface area contributed by atoms with Gasteiger partial charge in [0.2, 0.25) is 0 Å². The molecule has 0 aliphatic heterocycles. The van der Waals surface area contributed by atoms with Gasteiger partial charge >= 0.3 is 5.97 Å². The van der Waals surface area contributed by atoms with Crippen LogP contribution in [0.15, 0.2) is 35.2 Å². The van der Waals surface area contributed by atoms with Gasteiger partial charge in [0.05, 0.1) is 6.61 Å². The number of ketones is 1. The fourth-order valence-electron chi connectivity index (χ4n) is 1.25. The molecule has 0 saturated carbocycles. The number of hydrogen-bond acceptors (Lipinski definition) is 4. The summed E-state index contributed by atoms with van der Waals surface area (Å²) in [6.45, 7) is 5.01. The van der Waals surface area contributed by atoms with E-state index in [1.807, 2.05) is 30.3 Å². The van der Waals surface area contributed by atoms with Crippen molar-refractivity contribution < 1.29 is 14.3 Å². The normalized spacial score (nSPS) is 13.8. The van der Waals surface area contributed by atoms with Gasteiger partial charge in [-0.05, 0) is 32.9 Å². The molecule has 1 aromatic rings. The predicted molar refractivity (Wildman–Crippen MR) is 68.0 cm³/mol. The van der Waals surface area contributed by atoms with Crippen molar-refractivity contribution in [2.45, 2.75) is 30.4 Å². The molecular weight excluding hydrogens is 236 g/mol. The fourth-order valence-corrected chi connectivity index (χ4v) is 2.30. The molecule has 3 nitrogen and oxygen atoms in total. The molecule has 0 N–H and O–H groups in total. The molecular formula is C13H16O3S. The highest BCUT2D eigenvalue weighted by Crippen LogP contribution is 2.34. The maximum Gasteiger partial charge on any atom is 0.329 e. The number of ether oxygens (including phenoxy) is 1. The number of benzene rings is 1. The van der Waals surface area contributed by atoms with Crippen LogP contribution < -0.4 is 0 Å². The highest BCUT2D eigenvalue weighted by molar-refractivity contribution is 8.02. The third kappa shape index (κ3) is 3.33. The lowest BCUT2D eigenvalue weighted by Crippen LogP contribution is -2.40. The number of hydrogen-bond donors (Lipinski definition) is 0. The fraction of sp³-hybridized carbons (Fsp3) is 0.385. The lowest BCUT2D eigenvalue weighted by molar-refractivity contribution is -0.148. The van der Waals surface area contributed by atoms with E-state index in [0.29, 0.717) is 0 Å². The first-order valence-corrected chi connectivity index (χ1v) is 6.24. The maximum absolute atomic E-state index is 11.8. The molecule has 17 heavy (non-hydrogen) atoms. The number of carbonyl (C=O) groups excluding carboxylic acids is 2. The Morgan fingerprint density at radius 3 is 2.35 bits per heavy atom. The second-order valence-corrected chi connectivity index (χ2v) is 5.22. The zero-order valence-corrected chi connectivity index (χ0v) is 11.0. The van der Waals surface area contributed by atoms with Gasteiger partial charge in [0.25, 0.3) is 0 Å². The Morgan fingerprint density at radius 2 is 1.88 bits per heavy atom. The van der Waals surface area contributed by atoms with Crippen LogP contribution in [0.2, 0.25) is 0 Å². The predicted octanol–water partition coefficient (Wildman–Crippen LogP) is 2.69. The summed E-state index contributed by atoms with van der Waals surface area (Å²) in [7, 11) is 0. The molecule has 92 valence electrons. The van der Waals surface area contributed by atoms with Gasteiger partial charge in [0.15, 0.2) is 10.5 Å². The van der Waals surface area contributed by atoms with Crippen molar-refractivity contribution in [3.05, 3.63) is 30.3 Å². The Morgan fingerprint density at radius 1 is 1.29 bits per heavy atom. The van der Waals surface area contributed by atoms with E-state index in [0.717, 1.165) is 4.90 Å². The van der Waals surface area contributed by atoms with Crippen LogP contribution in [-0.4, -0.2) is 23.1 Å². The van der Waals surface area contributed by atoms with Crippen LogP contribution in [0.1, 0.15) is 20.8 Å². The van der Waals surface area contributed by atoms with E-state index in [1.165, 1.54) is 18.7 Å². The summed E-state index contributed by atoms with van der Waals surface area (Å²) < 4.78 is 3.79. The Bertz CT molecular complexity index is 402. The number of esters is 1. The molecule has 0 spiro atoms. The Labute approximate surface area is 106 Å². The van der Waals surface area contributed by atoms with Gasteiger partial charge in [-0.1, -0.05) is 30.0 Å². The average Bonchev–Trinajstić information content (AvgIpc) is 2.30. The standard InChI is InChI=1S/C13H16O3S/c1-4-16-12(15)13(3,10(2)14)17-11-8-6-5-7-9-11/h5-9H,4H2,1-3H3/t13-/m0/s1. The SMILES string of the molecule is CCOC(=O)[C@@](C)(Sc1ccccc1)C(C)=O. The van der Waals surface area contributed by atoms with Crippen LogP contribution in [0.3, 0.4) is 0 Å². The first kappa shape index (κ1) is 13.8. The van der Waals surface area contributed by atoms with E-state index in [-0.39, 0.29) is 12.4 Å². The molecule has 4 heteroatoms. The summed E-state index contributed by atoms with van der Waals surface area (Å²) in [6.07, 6.45) is 0. The van der Waals surface area contributed by atoms with Gasteiger partial charge in [-0.15, -0.1) is 0 Å². The van der Waals surface area contributed by atoms with Gasteiger partial charge in [-0.25, -0.2) is 0 Å². The molecule has 0 fully saturated rings. The monoisotopic (exact) mass is 252 g/mol. The quantitative estimate of drug-likeness (QED) is 0.459. The van der Waals surface area contributed by atoms with E-state index in [9.17, 15) is 9.59 Å². The van der Waals surface area contributed by atoms with E-state index < -0.39 is 10.7 Å². The van der Waals surface area contributed by atoms with Gasteiger partial charge < -0.3 is 4.74 Å². The van der Waals surface area contributed by atoms with Gasteiger partial charge in [-0.3, -0.25) is 9.59 Å². The minimum atomic E-state index is -1.17. The number of rotatable bonds is 5. The smallest absolute Gasteiger partial charge is 0.329 e. The molecule has 0 bridgehead atoms. The number of carbonyl (C=O) groups is 2. The van der Waals surface area contributed by atoms with Crippen molar-refractivity contribution in [1.82, 2.24) is 0 Å². The Hall–Kier alpha value is -1.29. The molecule has 0 radical (unpaired) electrons. The van der Waals surface area contributed by atoms with Gasteiger partial charge in [-0.2, -0.15) is 0 Å². The summed E-state index contributed by atoms with van der Waals surface area (Å²) in [4.78, 5) is 24.4. The second kappa shape index (κ2) is 5.87. The average molecular weight is 252 g/mol. The van der Waals surface area contributed by atoms with Crippen LogP contribution in [0.25, 0.3) is 0 Å². The first-order valence-electron chi connectivity index (χ1n) is 5.43. The third-order valence-electron chi connectivity index (χ3n) is 2.40. The van der Waals surface area contributed by atoms with Crippen LogP contribution in [-0.2, 0) is 14.3 Å². The van der Waals surface area contributed by atoms with E-state index in [1.54, 1.807) is 13.8 Å². The minimum Gasteiger partial charge on any atom is -0.465 e. The molecule has 0 unspecified atom stereocenters. The molecule has 1 rings (SSSR count). The molecule has 0 amide bonds. The highest BCUT2D eigenvalue weighted by atomic mass is 32.2. The molecule has 0 aliphatic carbocycles. The number of Topliss-reactive ketones (excluding diaryl/α,β-unsaturated/α-hetero) is 1. The third-order valence-corrected chi connectivity index (χ3v) is 3.77. The zero-order valence-electron chi connectivity index (χ0n) is 10.2. The van der Waals surface area contributed by atoms with Gasteiger partial charge in [0.1, 0.15) is 0 Å². The molecule has 1 aromatic carbocycles. The van der Waals surface area contributed by atoms with Gasteiger partial charge in [0, 0.05) is 4.90 Å². The van der Waals surface area contributed by atoms with Crippen molar-refractivity contribution in [1.29, 1.82) is 0 Å². The molecule has 0 heterocycles. The molecule has 0 aliphatic rings. The van der Waals surface area contributed by atoms with Crippen LogP contribution in [0, 0.1) is 0 Å². The largest absolute Gasteiger partial charge is 0.465 e. The zero-order chi connectivity index (χ0) is 12.9. The van der Waals surface area contributed by atoms with Crippen molar-refractivity contribution in [3.63, 3.8) is 0 Å². The Balaban J connectivity index is 2.93. The molecule has 0 saturated heterocycles. The molecule has 0 aromatic heterocycles. The lowest BCUT2D eigenvalue weighted by atomic mass is 10.1. The van der Waals surface area contributed by atoms with Crippen molar-refractivity contribution in [2.24, 2.45) is 0 Å². The summed E-state index contributed by atoms with van der Waals surface area (Å²) in [5, 5.41) is 0. The topological polar surface area (TPSA) is 43.4 Å². The van der Waals surface area contributed by atoms with Crippen LogP contribution in [0.5, 0.6) is 0 Å². The van der Waals surface area contributed by atoms with Crippen LogP contribution >= 0.6 is 11.8 Å². The lowest BCUT2D eigenvalue weighted by Gasteiger charge is -2.23. The van der Waals surface area contributed by atoms with E-state index in [2.05, 4.69) is 0 Å². The van der Waals surface area contributed by atoms with Crippen molar-refractivity contribution in [3.8, 4) is 0 Å².